The summed E-state index contributed by atoms with van der Waals surface area (Å²) in [5, 5.41) is 3.49. The van der Waals surface area contributed by atoms with E-state index in [0.29, 0.717) is 31.8 Å². The van der Waals surface area contributed by atoms with Crippen molar-refractivity contribution < 1.29 is 9.53 Å². The largest absolute Gasteiger partial charge is 0.445 e. The SMILES string of the molecule is O=C(OCc1ccccc1)N1CCN(c2cnc(N3C4CCC3CNC4)nc2)CC1. The summed E-state index contributed by atoms with van der Waals surface area (Å²) in [4.78, 5) is 28.1. The Morgan fingerprint density at radius 3 is 2.33 bits per heavy atom. The van der Waals surface area contributed by atoms with Crippen molar-refractivity contribution in [3.05, 3.63) is 48.3 Å². The fourth-order valence-electron chi connectivity index (χ4n) is 4.67. The number of benzene rings is 1. The van der Waals surface area contributed by atoms with Crippen molar-refractivity contribution in [3.63, 3.8) is 0 Å². The molecule has 0 saturated carbocycles. The molecule has 30 heavy (non-hydrogen) atoms. The Bertz CT molecular complexity index is 838. The number of carbonyl (C=O) groups excluding carboxylic acids is 1. The first kappa shape index (κ1) is 19.1. The average molecular weight is 409 g/mol. The van der Waals surface area contributed by atoms with E-state index in [1.54, 1.807) is 4.90 Å². The zero-order valence-corrected chi connectivity index (χ0v) is 17.1. The first-order chi connectivity index (χ1) is 14.8. The lowest BCUT2D eigenvalue weighted by atomic mass is 10.2. The maximum Gasteiger partial charge on any atom is 0.410 e. The molecular weight excluding hydrogens is 380 g/mol. The smallest absolute Gasteiger partial charge is 0.410 e. The molecule has 0 aliphatic carbocycles. The number of ether oxygens (including phenoxy) is 1. The van der Waals surface area contributed by atoms with Crippen LogP contribution in [0.1, 0.15) is 18.4 Å². The Labute approximate surface area is 176 Å². The molecule has 1 aromatic heterocycles. The quantitative estimate of drug-likeness (QED) is 0.828. The Morgan fingerprint density at radius 2 is 1.67 bits per heavy atom. The van der Waals surface area contributed by atoms with Crippen LogP contribution in [0, 0.1) is 0 Å². The molecule has 3 saturated heterocycles. The van der Waals surface area contributed by atoms with E-state index in [1.165, 1.54) is 12.8 Å². The number of amides is 1. The first-order valence-corrected chi connectivity index (χ1v) is 10.8. The number of hydrogen-bond donors (Lipinski definition) is 1. The molecule has 0 spiro atoms. The molecular formula is C22H28N6O2. The second-order valence-electron chi connectivity index (χ2n) is 8.21. The predicted molar refractivity (Wildman–Crippen MR) is 115 cm³/mol. The minimum Gasteiger partial charge on any atom is -0.445 e. The molecule has 0 radical (unpaired) electrons. The molecule has 1 amide bonds. The average Bonchev–Trinajstić information content (AvgIpc) is 3.06. The highest BCUT2D eigenvalue weighted by Crippen LogP contribution is 2.30. The van der Waals surface area contributed by atoms with E-state index < -0.39 is 0 Å². The summed E-state index contributed by atoms with van der Waals surface area (Å²) in [6, 6.07) is 10.8. The number of aromatic nitrogens is 2. The van der Waals surface area contributed by atoms with Gasteiger partial charge in [0.05, 0.1) is 18.1 Å². The van der Waals surface area contributed by atoms with Gasteiger partial charge in [-0.1, -0.05) is 30.3 Å². The highest BCUT2D eigenvalue weighted by Gasteiger charge is 2.38. The van der Waals surface area contributed by atoms with E-state index >= 15 is 0 Å². The van der Waals surface area contributed by atoms with E-state index in [4.69, 9.17) is 4.74 Å². The minimum atomic E-state index is -0.251. The molecule has 2 atom stereocenters. The fourth-order valence-corrected chi connectivity index (χ4v) is 4.67. The zero-order valence-electron chi connectivity index (χ0n) is 17.1. The van der Waals surface area contributed by atoms with E-state index in [9.17, 15) is 4.79 Å². The second kappa shape index (κ2) is 8.47. The van der Waals surface area contributed by atoms with Crippen LogP contribution in [0.3, 0.4) is 0 Å². The number of hydrogen-bond acceptors (Lipinski definition) is 7. The molecule has 1 aromatic carbocycles. The third kappa shape index (κ3) is 3.92. The van der Waals surface area contributed by atoms with Gasteiger partial charge in [0.25, 0.3) is 0 Å². The van der Waals surface area contributed by atoms with Crippen molar-refractivity contribution in [1.82, 2.24) is 20.2 Å². The Morgan fingerprint density at radius 1 is 1.00 bits per heavy atom. The molecule has 2 bridgehead atoms. The molecule has 2 unspecified atom stereocenters. The van der Waals surface area contributed by atoms with Gasteiger partial charge in [-0.25, -0.2) is 14.8 Å². The number of nitrogens with one attached hydrogen (secondary N) is 1. The number of rotatable bonds is 4. The van der Waals surface area contributed by atoms with Crippen molar-refractivity contribution in [2.24, 2.45) is 0 Å². The number of carbonyl (C=O) groups is 1. The number of fused-ring (bicyclic) bond motifs is 2. The first-order valence-electron chi connectivity index (χ1n) is 10.8. The molecule has 3 aliphatic rings. The summed E-state index contributed by atoms with van der Waals surface area (Å²) in [5.74, 6) is 0.843. The van der Waals surface area contributed by atoms with E-state index in [2.05, 4.69) is 25.1 Å². The van der Waals surface area contributed by atoms with Gasteiger partial charge in [0, 0.05) is 51.4 Å². The van der Waals surface area contributed by atoms with Gasteiger partial charge in [-0.3, -0.25) is 0 Å². The molecule has 1 N–H and O–H groups in total. The standard InChI is InChI=1S/C22H28N6O2/c29-22(30-16-17-4-2-1-3-5-17)27-10-8-26(9-11-27)20-14-24-21(25-15-20)28-18-6-7-19(28)13-23-12-18/h1-5,14-15,18-19,23H,6-13,16H2. The Hall–Kier alpha value is -2.87. The summed E-state index contributed by atoms with van der Waals surface area (Å²) >= 11 is 0. The summed E-state index contributed by atoms with van der Waals surface area (Å²) in [6.45, 7) is 5.12. The summed E-state index contributed by atoms with van der Waals surface area (Å²) in [5.41, 5.74) is 2.01. The van der Waals surface area contributed by atoms with Gasteiger partial charge in [0.2, 0.25) is 5.95 Å². The minimum absolute atomic E-state index is 0.251. The lowest BCUT2D eigenvalue weighted by molar-refractivity contribution is 0.0942. The molecule has 2 aromatic rings. The van der Waals surface area contributed by atoms with Gasteiger partial charge in [0.1, 0.15) is 6.61 Å². The van der Waals surface area contributed by atoms with Gasteiger partial charge in [0.15, 0.2) is 0 Å². The highest BCUT2D eigenvalue weighted by molar-refractivity contribution is 5.68. The Balaban J connectivity index is 1.13. The number of nitrogens with zero attached hydrogens (tertiary/aromatic N) is 5. The number of anilines is 2. The third-order valence-corrected chi connectivity index (χ3v) is 6.34. The zero-order chi connectivity index (χ0) is 20.3. The van der Waals surface area contributed by atoms with Gasteiger partial charge >= 0.3 is 6.09 Å². The van der Waals surface area contributed by atoms with Crippen molar-refractivity contribution in [3.8, 4) is 0 Å². The monoisotopic (exact) mass is 408 g/mol. The van der Waals surface area contributed by atoms with Gasteiger partial charge in [-0.05, 0) is 18.4 Å². The number of piperazine rings is 2. The molecule has 8 nitrogen and oxygen atoms in total. The second-order valence-corrected chi connectivity index (χ2v) is 8.21. The van der Waals surface area contributed by atoms with Crippen molar-refractivity contribution in [2.45, 2.75) is 31.5 Å². The molecule has 3 fully saturated rings. The van der Waals surface area contributed by atoms with Crippen LogP contribution in [0.5, 0.6) is 0 Å². The van der Waals surface area contributed by atoms with Gasteiger partial charge in [-0.2, -0.15) is 0 Å². The fraction of sp³-hybridized carbons (Fsp3) is 0.500. The van der Waals surface area contributed by atoms with Crippen LogP contribution in [0.25, 0.3) is 0 Å². The van der Waals surface area contributed by atoms with Crippen LogP contribution in [-0.4, -0.2) is 72.3 Å². The molecule has 3 aliphatic heterocycles. The van der Waals surface area contributed by atoms with E-state index in [0.717, 1.165) is 43.4 Å². The third-order valence-electron chi connectivity index (χ3n) is 6.34. The summed E-state index contributed by atoms with van der Waals surface area (Å²) in [6.07, 6.45) is 6.02. The molecule has 158 valence electrons. The summed E-state index contributed by atoms with van der Waals surface area (Å²) < 4.78 is 5.45. The normalized spacial score (nSPS) is 23.5. The maximum atomic E-state index is 12.4. The van der Waals surface area contributed by atoms with Gasteiger partial charge < -0.3 is 24.8 Å². The van der Waals surface area contributed by atoms with E-state index in [1.807, 2.05) is 42.7 Å². The van der Waals surface area contributed by atoms with Crippen LogP contribution in [0.15, 0.2) is 42.7 Å². The van der Waals surface area contributed by atoms with Crippen molar-refractivity contribution >= 4 is 17.7 Å². The van der Waals surface area contributed by atoms with Crippen LogP contribution >= 0.6 is 0 Å². The molecule has 5 rings (SSSR count). The maximum absolute atomic E-state index is 12.4. The predicted octanol–water partition coefficient (Wildman–Crippen LogP) is 1.88. The van der Waals surface area contributed by atoms with Crippen LogP contribution in [0.4, 0.5) is 16.4 Å². The molecule has 4 heterocycles. The lowest BCUT2D eigenvalue weighted by Gasteiger charge is -2.36. The Kier molecular flexibility index (Phi) is 5.40. The van der Waals surface area contributed by atoms with E-state index in [-0.39, 0.29) is 6.09 Å². The highest BCUT2D eigenvalue weighted by atomic mass is 16.6. The van der Waals surface area contributed by atoms with Gasteiger partial charge in [-0.15, -0.1) is 0 Å². The van der Waals surface area contributed by atoms with Crippen molar-refractivity contribution in [2.75, 3.05) is 49.1 Å². The van der Waals surface area contributed by atoms with Crippen LogP contribution < -0.4 is 15.1 Å². The van der Waals surface area contributed by atoms with Crippen molar-refractivity contribution in [1.29, 1.82) is 0 Å². The lowest BCUT2D eigenvalue weighted by Crippen LogP contribution is -2.52. The van der Waals surface area contributed by atoms with Crippen LogP contribution in [0.2, 0.25) is 0 Å². The molecule has 8 heteroatoms. The van der Waals surface area contributed by atoms with Crippen LogP contribution in [-0.2, 0) is 11.3 Å². The topological polar surface area (TPSA) is 73.8 Å². The summed E-state index contributed by atoms with van der Waals surface area (Å²) in [7, 11) is 0.